The molecule has 3 heteroatoms. The van der Waals surface area contributed by atoms with E-state index < -0.39 is 5.60 Å². The molecule has 20 heavy (non-hydrogen) atoms. The molecule has 1 aliphatic rings. The number of nitrogens with one attached hydrogen (secondary N) is 1. The van der Waals surface area contributed by atoms with E-state index in [9.17, 15) is 5.11 Å². The van der Waals surface area contributed by atoms with Crippen LogP contribution in [0.1, 0.15) is 45.2 Å². The third kappa shape index (κ3) is 4.50. The van der Waals surface area contributed by atoms with Crippen LogP contribution < -0.4 is 10.1 Å². The summed E-state index contributed by atoms with van der Waals surface area (Å²) in [4.78, 5) is 0. The van der Waals surface area contributed by atoms with Gasteiger partial charge in [0.15, 0.2) is 0 Å². The van der Waals surface area contributed by atoms with E-state index in [2.05, 4.69) is 44.3 Å². The molecule has 1 atom stereocenters. The summed E-state index contributed by atoms with van der Waals surface area (Å²) < 4.78 is 5.52. The van der Waals surface area contributed by atoms with E-state index in [-0.39, 0.29) is 5.54 Å². The Morgan fingerprint density at radius 3 is 2.70 bits per heavy atom. The van der Waals surface area contributed by atoms with Gasteiger partial charge in [-0.3, -0.25) is 0 Å². The van der Waals surface area contributed by atoms with Crippen LogP contribution in [0.5, 0.6) is 5.75 Å². The predicted octanol–water partition coefficient (Wildman–Crippen LogP) is 2.69. The average molecular weight is 277 g/mol. The van der Waals surface area contributed by atoms with Gasteiger partial charge in [0.05, 0.1) is 12.2 Å². The molecule has 0 bridgehead atoms. The van der Waals surface area contributed by atoms with Crippen LogP contribution >= 0.6 is 0 Å². The van der Waals surface area contributed by atoms with E-state index in [4.69, 9.17) is 4.74 Å². The van der Waals surface area contributed by atoms with Crippen molar-refractivity contribution in [2.24, 2.45) is 0 Å². The highest BCUT2D eigenvalue weighted by Crippen LogP contribution is 2.27. The average Bonchev–Trinajstić information content (AvgIpc) is 2.81. The maximum absolute atomic E-state index is 10.4. The standard InChI is InChI=1S/C17H27NO2/c1-16(2,3)18-12-17(4,19)9-7-13-5-6-15-14(11-13)8-10-20-15/h5-6,11,18-19H,7-10,12H2,1-4H3. The number of hydrogen-bond donors (Lipinski definition) is 2. The number of β-amino-alcohol motifs (C(OH)–C–C–N with tert-alkyl or cyclic N) is 1. The Morgan fingerprint density at radius 2 is 2.00 bits per heavy atom. The SMILES string of the molecule is CC(O)(CCc1ccc2c(c1)CCO2)CNC(C)(C)C. The van der Waals surface area contributed by atoms with Crippen molar-refractivity contribution in [3.05, 3.63) is 29.3 Å². The summed E-state index contributed by atoms with van der Waals surface area (Å²) >= 11 is 0. The monoisotopic (exact) mass is 277 g/mol. The number of aliphatic hydroxyl groups is 1. The molecule has 1 aromatic rings. The Hall–Kier alpha value is -1.06. The summed E-state index contributed by atoms with van der Waals surface area (Å²) in [6.07, 6.45) is 2.66. The van der Waals surface area contributed by atoms with Gasteiger partial charge in [-0.1, -0.05) is 12.1 Å². The molecule has 0 saturated carbocycles. The number of benzene rings is 1. The van der Waals surface area contributed by atoms with E-state index in [1.54, 1.807) is 0 Å². The number of ether oxygens (including phenoxy) is 1. The molecule has 0 aliphatic carbocycles. The van der Waals surface area contributed by atoms with E-state index in [0.29, 0.717) is 6.54 Å². The highest BCUT2D eigenvalue weighted by atomic mass is 16.5. The van der Waals surface area contributed by atoms with Crippen LogP contribution in [0.3, 0.4) is 0 Å². The summed E-state index contributed by atoms with van der Waals surface area (Å²) in [7, 11) is 0. The van der Waals surface area contributed by atoms with Gasteiger partial charge in [-0.25, -0.2) is 0 Å². The van der Waals surface area contributed by atoms with Gasteiger partial charge < -0.3 is 15.2 Å². The molecule has 1 unspecified atom stereocenters. The molecule has 1 aromatic carbocycles. The Kier molecular flexibility index (Phi) is 4.40. The van der Waals surface area contributed by atoms with Crippen LogP contribution in [0.4, 0.5) is 0 Å². The Balaban J connectivity index is 1.87. The fourth-order valence-electron chi connectivity index (χ4n) is 2.35. The second-order valence-corrected chi connectivity index (χ2v) is 7.14. The minimum Gasteiger partial charge on any atom is -0.493 e. The van der Waals surface area contributed by atoms with Crippen LogP contribution in [-0.4, -0.2) is 29.4 Å². The molecule has 0 amide bonds. The van der Waals surface area contributed by atoms with Crippen molar-refractivity contribution in [1.82, 2.24) is 5.32 Å². The lowest BCUT2D eigenvalue weighted by atomic mass is 9.94. The number of rotatable bonds is 5. The molecule has 1 aliphatic heterocycles. The second kappa shape index (κ2) is 5.74. The zero-order valence-corrected chi connectivity index (χ0v) is 13.1. The van der Waals surface area contributed by atoms with Gasteiger partial charge in [-0.2, -0.15) is 0 Å². The van der Waals surface area contributed by atoms with Gasteiger partial charge in [0, 0.05) is 18.5 Å². The maximum Gasteiger partial charge on any atom is 0.122 e. The van der Waals surface area contributed by atoms with Crippen molar-refractivity contribution in [2.75, 3.05) is 13.2 Å². The number of hydrogen-bond acceptors (Lipinski definition) is 3. The highest BCUT2D eigenvalue weighted by molar-refractivity contribution is 5.39. The normalized spacial score (nSPS) is 17.4. The fraction of sp³-hybridized carbons (Fsp3) is 0.647. The summed E-state index contributed by atoms with van der Waals surface area (Å²) in [6, 6.07) is 6.38. The predicted molar refractivity (Wildman–Crippen MR) is 82.3 cm³/mol. The Labute approximate surface area is 122 Å². The smallest absolute Gasteiger partial charge is 0.122 e. The molecular weight excluding hydrogens is 250 g/mol. The molecule has 0 radical (unpaired) electrons. The zero-order chi connectivity index (χ0) is 14.8. The van der Waals surface area contributed by atoms with Crippen molar-refractivity contribution in [2.45, 2.75) is 58.1 Å². The first-order chi connectivity index (χ1) is 9.25. The number of aryl methyl sites for hydroxylation is 1. The Bertz CT molecular complexity index is 461. The molecule has 0 fully saturated rings. The minimum absolute atomic E-state index is 0.0366. The quantitative estimate of drug-likeness (QED) is 0.869. The fourth-order valence-corrected chi connectivity index (χ4v) is 2.35. The molecule has 3 nitrogen and oxygen atoms in total. The molecule has 0 aromatic heterocycles. The lowest BCUT2D eigenvalue weighted by Gasteiger charge is -2.29. The van der Waals surface area contributed by atoms with Crippen LogP contribution in [-0.2, 0) is 12.8 Å². The maximum atomic E-state index is 10.4. The first-order valence-electron chi connectivity index (χ1n) is 7.47. The van der Waals surface area contributed by atoms with E-state index in [0.717, 1.165) is 31.6 Å². The van der Waals surface area contributed by atoms with Crippen molar-refractivity contribution >= 4 is 0 Å². The van der Waals surface area contributed by atoms with Crippen molar-refractivity contribution in [1.29, 1.82) is 0 Å². The van der Waals surface area contributed by atoms with Gasteiger partial charge in [-0.15, -0.1) is 0 Å². The molecule has 112 valence electrons. The highest BCUT2D eigenvalue weighted by Gasteiger charge is 2.23. The van der Waals surface area contributed by atoms with Crippen molar-refractivity contribution in [3.63, 3.8) is 0 Å². The first-order valence-corrected chi connectivity index (χ1v) is 7.47. The molecule has 2 rings (SSSR count). The third-order valence-corrected chi connectivity index (χ3v) is 3.71. The van der Waals surface area contributed by atoms with Gasteiger partial charge in [0.1, 0.15) is 5.75 Å². The second-order valence-electron chi connectivity index (χ2n) is 7.14. The topological polar surface area (TPSA) is 41.5 Å². The van der Waals surface area contributed by atoms with Crippen molar-refractivity contribution in [3.8, 4) is 5.75 Å². The van der Waals surface area contributed by atoms with Crippen LogP contribution in [0.2, 0.25) is 0 Å². The summed E-state index contributed by atoms with van der Waals surface area (Å²) in [6.45, 7) is 9.66. The van der Waals surface area contributed by atoms with Crippen molar-refractivity contribution < 1.29 is 9.84 Å². The third-order valence-electron chi connectivity index (χ3n) is 3.71. The van der Waals surface area contributed by atoms with Crippen LogP contribution in [0.25, 0.3) is 0 Å². The van der Waals surface area contributed by atoms with Gasteiger partial charge in [0.25, 0.3) is 0 Å². The molecule has 2 N–H and O–H groups in total. The van der Waals surface area contributed by atoms with E-state index in [1.165, 1.54) is 11.1 Å². The largest absolute Gasteiger partial charge is 0.493 e. The van der Waals surface area contributed by atoms with Gasteiger partial charge in [0.2, 0.25) is 0 Å². The lowest BCUT2D eigenvalue weighted by molar-refractivity contribution is 0.0448. The molecule has 0 spiro atoms. The van der Waals surface area contributed by atoms with E-state index in [1.807, 2.05) is 6.92 Å². The molecule has 0 saturated heterocycles. The molecule has 1 heterocycles. The van der Waals surface area contributed by atoms with Crippen LogP contribution in [0, 0.1) is 0 Å². The van der Waals surface area contributed by atoms with Gasteiger partial charge >= 0.3 is 0 Å². The summed E-state index contributed by atoms with van der Waals surface area (Å²) in [5.41, 5.74) is 1.94. The van der Waals surface area contributed by atoms with Crippen LogP contribution in [0.15, 0.2) is 18.2 Å². The zero-order valence-electron chi connectivity index (χ0n) is 13.1. The first kappa shape index (κ1) is 15.3. The van der Waals surface area contributed by atoms with E-state index >= 15 is 0 Å². The number of fused-ring (bicyclic) bond motifs is 1. The molecular formula is C17H27NO2. The minimum atomic E-state index is -0.678. The lowest BCUT2D eigenvalue weighted by Crippen LogP contribution is -2.46. The summed E-state index contributed by atoms with van der Waals surface area (Å²) in [5.74, 6) is 1.02. The Morgan fingerprint density at radius 1 is 1.25 bits per heavy atom. The summed E-state index contributed by atoms with van der Waals surface area (Å²) in [5, 5.41) is 13.8. The van der Waals surface area contributed by atoms with Gasteiger partial charge in [-0.05, 0) is 57.7 Å².